The maximum atomic E-state index is 14.1. The van der Waals surface area contributed by atoms with Crippen LogP contribution in [0.25, 0.3) is 0 Å². The Morgan fingerprint density at radius 3 is 2.69 bits per heavy atom. The molecule has 142 valence electrons. The van der Waals surface area contributed by atoms with Crippen LogP contribution in [0.2, 0.25) is 0 Å². The molecule has 1 amide bonds. The molecule has 26 heavy (non-hydrogen) atoms. The Labute approximate surface area is 151 Å². The summed E-state index contributed by atoms with van der Waals surface area (Å²) in [5, 5.41) is 1.16. The lowest BCUT2D eigenvalue weighted by molar-refractivity contribution is -0.113. The number of benzene rings is 1. The molecule has 0 fully saturated rings. The molecule has 1 N–H and O–H groups in total. The third-order valence-corrected chi connectivity index (χ3v) is 5.55. The van der Waals surface area contributed by atoms with Crippen molar-refractivity contribution in [3.8, 4) is 5.75 Å². The molecule has 0 bridgehead atoms. The molecule has 9 heteroatoms. The number of ketones is 1. The van der Waals surface area contributed by atoms with Crippen LogP contribution in [0.1, 0.15) is 31.7 Å². The second kappa shape index (κ2) is 8.31. The molecule has 0 heterocycles. The Hall–Kier alpha value is -2.42. The largest absolute Gasteiger partial charge is 0.445 e. The Bertz CT molecular complexity index is 834. The molecule has 0 saturated heterocycles. The predicted molar refractivity (Wildman–Crippen MR) is 91.6 cm³/mol. The van der Waals surface area contributed by atoms with Crippen LogP contribution < -0.4 is 9.50 Å². The summed E-state index contributed by atoms with van der Waals surface area (Å²) in [5.74, 6) is -1.30. The molecule has 1 unspecified atom stereocenters. The van der Waals surface area contributed by atoms with E-state index in [4.69, 9.17) is 8.92 Å². The van der Waals surface area contributed by atoms with Crippen molar-refractivity contribution in [2.24, 2.45) is 0 Å². The molecule has 1 aromatic carbocycles. The first-order valence-electron chi connectivity index (χ1n) is 8.02. The van der Waals surface area contributed by atoms with Crippen LogP contribution in [0, 0.1) is 5.82 Å². The van der Waals surface area contributed by atoms with E-state index < -0.39 is 27.3 Å². The first kappa shape index (κ1) is 19.9. The summed E-state index contributed by atoms with van der Waals surface area (Å²) in [4.78, 5) is 22.7. The minimum absolute atomic E-state index is 0.0698. The van der Waals surface area contributed by atoms with E-state index in [9.17, 15) is 22.4 Å². The lowest BCUT2D eigenvalue weighted by Gasteiger charge is -2.22. The second-order valence-electron chi connectivity index (χ2n) is 5.79. The van der Waals surface area contributed by atoms with Crippen molar-refractivity contribution >= 4 is 22.0 Å². The summed E-state index contributed by atoms with van der Waals surface area (Å²) in [6.45, 7) is 0.999. The molecule has 0 aliphatic heterocycles. The van der Waals surface area contributed by atoms with Gasteiger partial charge < -0.3 is 14.2 Å². The number of amides is 1. The number of rotatable bonds is 6. The average molecular weight is 385 g/mol. The number of halogens is 1. The number of hydrogen-bond acceptors (Lipinski definition) is 6. The highest BCUT2D eigenvalue weighted by molar-refractivity contribution is 7.88. The summed E-state index contributed by atoms with van der Waals surface area (Å²) in [5.41, 5.74) is 0.271. The molecule has 1 aliphatic rings. The van der Waals surface area contributed by atoms with Gasteiger partial charge in [-0.15, -0.1) is 0 Å². The Morgan fingerprint density at radius 2 is 2.08 bits per heavy atom. The van der Waals surface area contributed by atoms with Gasteiger partial charge in [0, 0.05) is 24.3 Å². The number of allylic oxidation sites excluding steroid dienone is 1. The summed E-state index contributed by atoms with van der Waals surface area (Å²) >= 11 is 0. The van der Waals surface area contributed by atoms with Gasteiger partial charge in [-0.05, 0) is 38.3 Å². The van der Waals surface area contributed by atoms with E-state index >= 15 is 0 Å². The minimum Gasteiger partial charge on any atom is -0.445 e. The van der Waals surface area contributed by atoms with E-state index in [1.54, 1.807) is 6.08 Å². The van der Waals surface area contributed by atoms with Crippen molar-refractivity contribution in [3.05, 3.63) is 41.2 Å². The van der Waals surface area contributed by atoms with Crippen LogP contribution in [-0.4, -0.2) is 32.6 Å². The molecule has 0 aromatic heterocycles. The third kappa shape index (κ3) is 4.81. The Balaban J connectivity index is 2.15. The van der Waals surface area contributed by atoms with Gasteiger partial charge in [-0.1, -0.05) is 6.08 Å². The van der Waals surface area contributed by atoms with Crippen molar-refractivity contribution < 1.29 is 31.3 Å². The predicted octanol–water partition coefficient (Wildman–Crippen LogP) is 2.46. The third-order valence-electron chi connectivity index (χ3n) is 3.94. The summed E-state index contributed by atoms with van der Waals surface area (Å²) in [7, 11) is -2.77. The normalized spacial score (nSPS) is 17.2. The van der Waals surface area contributed by atoms with E-state index in [1.807, 2.05) is 0 Å². The van der Waals surface area contributed by atoms with E-state index in [-0.39, 0.29) is 35.7 Å². The van der Waals surface area contributed by atoms with Crippen LogP contribution in [0.4, 0.5) is 9.18 Å². The van der Waals surface area contributed by atoms with Crippen molar-refractivity contribution in [1.29, 1.82) is 0 Å². The highest BCUT2D eigenvalue weighted by Crippen LogP contribution is 2.28. The van der Waals surface area contributed by atoms with Crippen LogP contribution >= 0.6 is 0 Å². The zero-order valence-corrected chi connectivity index (χ0v) is 15.3. The van der Waals surface area contributed by atoms with Gasteiger partial charge in [-0.25, -0.2) is 9.18 Å². The van der Waals surface area contributed by atoms with Crippen molar-refractivity contribution in [2.75, 3.05) is 7.05 Å². The van der Waals surface area contributed by atoms with Crippen LogP contribution in [0.15, 0.2) is 29.8 Å². The number of carbonyl (C=O) groups is 2. The maximum Gasteiger partial charge on any atom is 0.407 e. The molecule has 2 rings (SSSR count). The monoisotopic (exact) mass is 385 g/mol. The molecule has 1 atom stereocenters. The summed E-state index contributed by atoms with van der Waals surface area (Å²) in [6, 6.07) is 3.44. The highest BCUT2D eigenvalue weighted by atomic mass is 32.2. The number of carbonyl (C=O) groups excluding carboxylic acids is 2. The van der Waals surface area contributed by atoms with E-state index in [0.29, 0.717) is 12.8 Å². The smallest absolute Gasteiger partial charge is 0.407 e. The van der Waals surface area contributed by atoms with Gasteiger partial charge in [-0.2, -0.15) is 8.42 Å². The zero-order valence-electron chi connectivity index (χ0n) is 14.5. The molecule has 7 nitrogen and oxygen atoms in total. The molecule has 1 aromatic rings. The van der Waals surface area contributed by atoms with Crippen molar-refractivity contribution in [3.63, 3.8) is 0 Å². The number of hydrogen-bond donors (Lipinski definition) is 1. The highest BCUT2D eigenvalue weighted by Gasteiger charge is 2.34. The first-order chi connectivity index (χ1) is 12.2. The standard InChI is InChI=1S/C17H20FNO6S/c1-11(20)14-5-3-4-6-16(14)26(22,23)25-13-8-7-12(15(18)9-13)10-24-17(21)19-2/h5,7-9,16H,3-4,6,10H2,1-2H3,(H,19,21). The Kier molecular flexibility index (Phi) is 6.36. The van der Waals surface area contributed by atoms with Gasteiger partial charge in [0.1, 0.15) is 23.4 Å². The average Bonchev–Trinajstić information content (AvgIpc) is 2.60. The molecular formula is C17H20FNO6S. The summed E-state index contributed by atoms with van der Waals surface area (Å²) < 4.78 is 48.8. The topological polar surface area (TPSA) is 98.8 Å². The fourth-order valence-corrected chi connectivity index (χ4v) is 4.14. The quantitative estimate of drug-likeness (QED) is 0.756. The number of nitrogens with one attached hydrogen (secondary N) is 1. The van der Waals surface area contributed by atoms with Gasteiger partial charge >= 0.3 is 16.2 Å². The first-order valence-corrected chi connectivity index (χ1v) is 9.49. The van der Waals surface area contributed by atoms with Crippen molar-refractivity contribution in [1.82, 2.24) is 5.32 Å². The van der Waals surface area contributed by atoms with Crippen LogP contribution in [0.5, 0.6) is 5.75 Å². The SMILES string of the molecule is CNC(=O)OCc1ccc(OS(=O)(=O)C2CCCC=C2C(C)=O)cc1F. The lowest BCUT2D eigenvalue weighted by Crippen LogP contribution is -2.32. The van der Waals surface area contributed by atoms with Crippen LogP contribution in [0.3, 0.4) is 0 Å². The molecule has 0 saturated carbocycles. The molecular weight excluding hydrogens is 365 g/mol. The van der Waals surface area contributed by atoms with Gasteiger partial charge in [-0.3, -0.25) is 4.79 Å². The molecule has 0 spiro atoms. The van der Waals surface area contributed by atoms with Gasteiger partial charge in [0.25, 0.3) is 0 Å². The van der Waals surface area contributed by atoms with Gasteiger partial charge in [0.05, 0.1) is 0 Å². The van der Waals surface area contributed by atoms with E-state index in [2.05, 4.69) is 5.32 Å². The summed E-state index contributed by atoms with van der Waals surface area (Å²) in [6.07, 6.45) is 2.42. The maximum absolute atomic E-state index is 14.1. The second-order valence-corrected chi connectivity index (χ2v) is 7.51. The fourth-order valence-electron chi connectivity index (χ4n) is 2.62. The zero-order chi connectivity index (χ0) is 19.3. The lowest BCUT2D eigenvalue weighted by atomic mass is 9.96. The van der Waals surface area contributed by atoms with Gasteiger partial charge in [0.15, 0.2) is 5.78 Å². The Morgan fingerprint density at radius 1 is 1.35 bits per heavy atom. The van der Waals surface area contributed by atoms with Gasteiger partial charge in [0.2, 0.25) is 0 Å². The number of Topliss-reactive ketones (excluding diaryl/α,β-unsaturated/α-hetero) is 1. The van der Waals surface area contributed by atoms with Crippen molar-refractivity contribution in [2.45, 2.75) is 38.0 Å². The fraction of sp³-hybridized carbons (Fsp3) is 0.412. The van der Waals surface area contributed by atoms with E-state index in [0.717, 1.165) is 6.07 Å². The number of alkyl carbamates (subject to hydrolysis) is 1. The molecule has 0 radical (unpaired) electrons. The van der Waals surface area contributed by atoms with Crippen LogP contribution in [-0.2, 0) is 26.3 Å². The van der Waals surface area contributed by atoms with E-state index in [1.165, 1.54) is 26.1 Å². The molecule has 1 aliphatic carbocycles. The number of ether oxygens (including phenoxy) is 1. The minimum atomic E-state index is -4.14.